The second kappa shape index (κ2) is 9.14. The number of hydrogen-bond acceptors (Lipinski definition) is 4. The van der Waals surface area contributed by atoms with Crippen molar-refractivity contribution in [3.05, 3.63) is 77.6 Å². The van der Waals surface area contributed by atoms with Crippen LogP contribution in [-0.2, 0) is 11.3 Å². The van der Waals surface area contributed by atoms with Crippen LogP contribution in [0.5, 0.6) is 0 Å². The van der Waals surface area contributed by atoms with E-state index in [1.165, 1.54) is 11.1 Å². The zero-order valence-electron chi connectivity index (χ0n) is 15.8. The lowest BCUT2D eigenvalue weighted by molar-refractivity contribution is 0.0526. The summed E-state index contributed by atoms with van der Waals surface area (Å²) in [5, 5.41) is 11.0. The molecular weight excluding hydrogens is 372 g/mol. The first kappa shape index (κ1) is 19.6. The van der Waals surface area contributed by atoms with E-state index in [0.717, 1.165) is 11.4 Å². The first-order valence-corrected chi connectivity index (χ1v) is 9.37. The minimum atomic E-state index is -0.337. The van der Waals surface area contributed by atoms with Gasteiger partial charge in [-0.2, -0.15) is 5.10 Å². The Kier molecular flexibility index (Phi) is 6.39. The van der Waals surface area contributed by atoms with Crippen LogP contribution in [-0.4, -0.2) is 27.5 Å². The molecule has 2 N–H and O–H groups in total. The average molecular weight is 395 g/mol. The average Bonchev–Trinajstić information content (AvgIpc) is 3.11. The van der Waals surface area contributed by atoms with Crippen LogP contribution in [0.25, 0.3) is 0 Å². The van der Waals surface area contributed by atoms with Crippen molar-refractivity contribution in [2.75, 3.05) is 17.2 Å². The largest absolute Gasteiger partial charge is 0.462 e. The number of carbonyl (C=O) groups is 1. The second-order valence-electron chi connectivity index (χ2n) is 6.29. The van der Waals surface area contributed by atoms with Crippen LogP contribution in [0.2, 0.25) is 0 Å². The van der Waals surface area contributed by atoms with Crippen LogP contribution < -0.4 is 10.6 Å². The molecule has 28 heavy (non-hydrogen) atoms. The molecule has 0 unspecified atom stereocenters. The van der Waals surface area contributed by atoms with Crippen LogP contribution >= 0.6 is 12.2 Å². The van der Waals surface area contributed by atoms with E-state index in [9.17, 15) is 4.79 Å². The minimum Gasteiger partial charge on any atom is -0.462 e. The van der Waals surface area contributed by atoms with Gasteiger partial charge in [-0.05, 0) is 55.9 Å². The highest BCUT2D eigenvalue weighted by molar-refractivity contribution is 7.80. The predicted octanol–water partition coefficient (Wildman–Crippen LogP) is 4.23. The molecule has 0 saturated heterocycles. The quantitative estimate of drug-likeness (QED) is 0.482. The van der Waals surface area contributed by atoms with E-state index < -0.39 is 0 Å². The molecule has 0 fully saturated rings. The van der Waals surface area contributed by atoms with Crippen molar-refractivity contribution in [3.8, 4) is 0 Å². The standard InChI is InChI=1S/C21H22N4O2S/c1-3-27-20(26)17-8-10-18(11-9-17)23-21(28)24-19-12-22-25(14-19)13-16-6-4-15(2)5-7-16/h4-12,14H,3,13H2,1-2H3,(H2,23,24,28). The van der Waals surface area contributed by atoms with Gasteiger partial charge in [0, 0.05) is 11.9 Å². The summed E-state index contributed by atoms with van der Waals surface area (Å²) < 4.78 is 6.82. The summed E-state index contributed by atoms with van der Waals surface area (Å²) in [7, 11) is 0. The van der Waals surface area contributed by atoms with Gasteiger partial charge in [0.15, 0.2) is 5.11 Å². The summed E-state index contributed by atoms with van der Waals surface area (Å²) in [6.07, 6.45) is 3.63. The van der Waals surface area contributed by atoms with E-state index in [-0.39, 0.29) is 5.97 Å². The van der Waals surface area contributed by atoms with Gasteiger partial charge >= 0.3 is 5.97 Å². The van der Waals surface area contributed by atoms with Crippen molar-refractivity contribution in [2.45, 2.75) is 20.4 Å². The van der Waals surface area contributed by atoms with Gasteiger partial charge in [-0.25, -0.2) is 4.79 Å². The Bertz CT molecular complexity index is 949. The number of nitrogens with one attached hydrogen (secondary N) is 2. The maximum absolute atomic E-state index is 11.7. The third kappa shape index (κ3) is 5.40. The molecular formula is C21H22N4O2S. The molecule has 1 heterocycles. The molecule has 0 atom stereocenters. The van der Waals surface area contributed by atoms with Crippen LogP contribution in [0.4, 0.5) is 11.4 Å². The van der Waals surface area contributed by atoms with E-state index in [2.05, 4.69) is 46.9 Å². The number of benzene rings is 2. The lowest BCUT2D eigenvalue weighted by Crippen LogP contribution is -2.18. The highest BCUT2D eigenvalue weighted by Crippen LogP contribution is 2.13. The Labute approximate surface area is 169 Å². The monoisotopic (exact) mass is 394 g/mol. The van der Waals surface area contributed by atoms with E-state index >= 15 is 0 Å². The van der Waals surface area contributed by atoms with Crippen LogP contribution in [0.1, 0.15) is 28.4 Å². The molecule has 144 valence electrons. The third-order valence-electron chi connectivity index (χ3n) is 4.01. The molecule has 2 aromatic carbocycles. The molecule has 0 aliphatic heterocycles. The van der Waals surface area contributed by atoms with Crippen LogP contribution in [0, 0.1) is 6.92 Å². The molecule has 0 amide bonds. The van der Waals surface area contributed by atoms with Gasteiger partial charge in [-0.1, -0.05) is 29.8 Å². The Morgan fingerprint density at radius 2 is 1.75 bits per heavy atom. The third-order valence-corrected chi connectivity index (χ3v) is 4.21. The van der Waals surface area contributed by atoms with E-state index in [1.807, 2.05) is 10.9 Å². The van der Waals surface area contributed by atoms with E-state index in [1.54, 1.807) is 37.4 Å². The number of ether oxygens (including phenoxy) is 1. The first-order valence-electron chi connectivity index (χ1n) is 8.96. The summed E-state index contributed by atoms with van der Waals surface area (Å²) in [5.74, 6) is -0.337. The van der Waals surface area contributed by atoms with E-state index in [0.29, 0.717) is 23.8 Å². The molecule has 7 heteroatoms. The Morgan fingerprint density at radius 1 is 1.07 bits per heavy atom. The van der Waals surface area contributed by atoms with Gasteiger partial charge < -0.3 is 15.4 Å². The summed E-state index contributed by atoms with van der Waals surface area (Å²) in [4.78, 5) is 11.7. The Hall–Kier alpha value is -3.19. The van der Waals surface area contributed by atoms with Gasteiger partial charge in [-0.15, -0.1) is 0 Å². The van der Waals surface area contributed by atoms with Crippen molar-refractivity contribution >= 4 is 34.7 Å². The number of thiocarbonyl (C=S) groups is 1. The topological polar surface area (TPSA) is 68.2 Å². The number of hydrogen-bond donors (Lipinski definition) is 2. The number of esters is 1. The van der Waals surface area contributed by atoms with Gasteiger partial charge in [0.2, 0.25) is 0 Å². The molecule has 1 aromatic heterocycles. The number of aryl methyl sites for hydroxylation is 1. The lowest BCUT2D eigenvalue weighted by Gasteiger charge is -2.09. The second-order valence-corrected chi connectivity index (χ2v) is 6.70. The molecule has 0 aliphatic carbocycles. The first-order chi connectivity index (χ1) is 13.5. The number of carbonyl (C=O) groups excluding carboxylic acids is 1. The molecule has 0 saturated carbocycles. The maximum Gasteiger partial charge on any atom is 0.338 e. The summed E-state index contributed by atoms with van der Waals surface area (Å²) in [6, 6.07) is 15.3. The number of anilines is 2. The normalized spacial score (nSPS) is 10.4. The fourth-order valence-electron chi connectivity index (χ4n) is 2.59. The van der Waals surface area contributed by atoms with Gasteiger partial charge in [-0.3, -0.25) is 4.68 Å². The smallest absolute Gasteiger partial charge is 0.338 e. The molecule has 3 aromatic rings. The molecule has 6 nitrogen and oxygen atoms in total. The maximum atomic E-state index is 11.7. The van der Waals surface area contributed by atoms with Crippen molar-refractivity contribution in [1.82, 2.24) is 9.78 Å². The molecule has 0 aliphatic rings. The number of rotatable bonds is 6. The molecule has 0 radical (unpaired) electrons. The van der Waals surface area contributed by atoms with Crippen LogP contribution in [0.3, 0.4) is 0 Å². The fourth-order valence-corrected chi connectivity index (χ4v) is 2.83. The minimum absolute atomic E-state index is 0.337. The van der Waals surface area contributed by atoms with Crippen molar-refractivity contribution in [2.24, 2.45) is 0 Å². The van der Waals surface area contributed by atoms with Gasteiger partial charge in [0.1, 0.15) is 0 Å². The molecule has 0 bridgehead atoms. The summed E-state index contributed by atoms with van der Waals surface area (Å²) in [6.45, 7) is 4.89. The van der Waals surface area contributed by atoms with Crippen molar-refractivity contribution in [1.29, 1.82) is 0 Å². The number of nitrogens with zero attached hydrogens (tertiary/aromatic N) is 2. The van der Waals surface area contributed by atoms with Crippen molar-refractivity contribution in [3.63, 3.8) is 0 Å². The predicted molar refractivity (Wildman–Crippen MR) is 115 cm³/mol. The summed E-state index contributed by atoms with van der Waals surface area (Å²) >= 11 is 5.35. The fraction of sp³-hybridized carbons (Fsp3) is 0.190. The van der Waals surface area contributed by atoms with Gasteiger partial charge in [0.25, 0.3) is 0 Å². The Balaban J connectivity index is 1.54. The molecule has 3 rings (SSSR count). The zero-order valence-corrected chi connectivity index (χ0v) is 16.6. The Morgan fingerprint density at radius 3 is 2.43 bits per heavy atom. The molecule has 0 spiro atoms. The number of aromatic nitrogens is 2. The van der Waals surface area contributed by atoms with E-state index in [4.69, 9.17) is 17.0 Å². The highest BCUT2D eigenvalue weighted by Gasteiger charge is 2.07. The van der Waals surface area contributed by atoms with Crippen LogP contribution in [0.15, 0.2) is 60.9 Å². The van der Waals surface area contributed by atoms with Crippen molar-refractivity contribution < 1.29 is 9.53 Å². The zero-order chi connectivity index (χ0) is 19.9. The summed E-state index contributed by atoms with van der Waals surface area (Å²) in [5.41, 5.74) is 4.50. The SMILES string of the molecule is CCOC(=O)c1ccc(NC(=S)Nc2cnn(Cc3ccc(C)cc3)c2)cc1. The highest BCUT2D eigenvalue weighted by atomic mass is 32.1. The lowest BCUT2D eigenvalue weighted by atomic mass is 10.1. The van der Waals surface area contributed by atoms with Gasteiger partial charge in [0.05, 0.1) is 30.6 Å².